The third-order valence-electron chi connectivity index (χ3n) is 1.95. The zero-order valence-electron chi connectivity index (χ0n) is 8.83. The van der Waals surface area contributed by atoms with Crippen molar-refractivity contribution >= 4 is 5.91 Å². The van der Waals surface area contributed by atoms with Crippen LogP contribution < -0.4 is 16.0 Å². The van der Waals surface area contributed by atoms with Gasteiger partial charge in [0.25, 0.3) is 0 Å². The minimum absolute atomic E-state index is 0.148. The van der Waals surface area contributed by atoms with Crippen molar-refractivity contribution in [1.29, 1.82) is 5.26 Å². The minimum Gasteiger partial charge on any atom is -0.425 e. The van der Waals surface area contributed by atoms with Crippen molar-refractivity contribution < 1.29 is 18.3 Å². The molecule has 3 N–H and O–H groups in total. The van der Waals surface area contributed by atoms with Crippen molar-refractivity contribution in [3.05, 3.63) is 29.3 Å². The lowest BCUT2D eigenvalue weighted by Gasteiger charge is -2.17. The topological polar surface area (TPSA) is 88.1 Å². The van der Waals surface area contributed by atoms with Crippen LogP contribution in [0.2, 0.25) is 0 Å². The number of nitrogens with two attached hydrogens (primary N) is 1. The lowest BCUT2D eigenvalue weighted by atomic mass is 10.1. The molecule has 1 rings (SSSR count). The van der Waals surface area contributed by atoms with Crippen LogP contribution in [0.25, 0.3) is 0 Å². The minimum atomic E-state index is -4.09. The van der Waals surface area contributed by atoms with Crippen molar-refractivity contribution in [2.24, 2.45) is 5.84 Å². The van der Waals surface area contributed by atoms with Crippen molar-refractivity contribution in [2.45, 2.75) is 13.0 Å². The number of nitrogens with zero attached hydrogens (tertiary/aromatic N) is 1. The zero-order chi connectivity index (χ0) is 13.1. The van der Waals surface area contributed by atoms with Gasteiger partial charge in [-0.05, 0) is 24.6 Å². The number of halogens is 2. The van der Waals surface area contributed by atoms with Crippen LogP contribution >= 0.6 is 0 Å². The van der Waals surface area contributed by atoms with Crippen LogP contribution in [-0.4, -0.2) is 12.0 Å². The molecule has 0 saturated heterocycles. The largest absolute Gasteiger partial charge is 0.483 e. The number of carbonyl (C=O) groups is 1. The third-order valence-corrected chi connectivity index (χ3v) is 1.95. The molecular formula is C10H9F2N3O2. The molecule has 0 fully saturated rings. The molecule has 0 bridgehead atoms. The van der Waals surface area contributed by atoms with Gasteiger partial charge in [-0.1, -0.05) is 6.07 Å². The monoisotopic (exact) mass is 241 g/mol. The third kappa shape index (κ3) is 2.89. The van der Waals surface area contributed by atoms with Gasteiger partial charge in [0, 0.05) is 0 Å². The van der Waals surface area contributed by atoms with E-state index in [-0.39, 0.29) is 11.3 Å². The van der Waals surface area contributed by atoms with Gasteiger partial charge in [-0.15, -0.1) is 0 Å². The van der Waals surface area contributed by atoms with E-state index in [1.54, 1.807) is 6.07 Å². The summed E-state index contributed by atoms with van der Waals surface area (Å²) in [6, 6.07) is 5.77. The summed E-state index contributed by atoms with van der Waals surface area (Å²) in [5.74, 6) is 2.58. The fourth-order valence-corrected chi connectivity index (χ4v) is 1.05. The summed E-state index contributed by atoms with van der Waals surface area (Å²) in [4.78, 5) is 10.7. The smallest absolute Gasteiger partial charge is 0.425 e. The van der Waals surface area contributed by atoms with Gasteiger partial charge in [0.15, 0.2) is 0 Å². The number of hydrogen-bond acceptors (Lipinski definition) is 4. The molecule has 0 spiro atoms. The molecule has 0 unspecified atom stereocenters. The summed E-state index contributed by atoms with van der Waals surface area (Å²) in [7, 11) is 0. The Morgan fingerprint density at radius 2 is 2.24 bits per heavy atom. The van der Waals surface area contributed by atoms with Crippen molar-refractivity contribution in [3.63, 3.8) is 0 Å². The van der Waals surface area contributed by atoms with E-state index in [0.717, 1.165) is 6.07 Å². The highest BCUT2D eigenvalue weighted by molar-refractivity contribution is 5.81. The molecular weight excluding hydrogens is 232 g/mol. The van der Waals surface area contributed by atoms with Crippen LogP contribution in [0.3, 0.4) is 0 Å². The van der Waals surface area contributed by atoms with Gasteiger partial charge in [-0.3, -0.25) is 10.2 Å². The number of alkyl halides is 2. The molecule has 0 heterocycles. The van der Waals surface area contributed by atoms with Gasteiger partial charge < -0.3 is 4.74 Å². The van der Waals surface area contributed by atoms with Crippen LogP contribution in [0.5, 0.6) is 5.75 Å². The lowest BCUT2D eigenvalue weighted by Crippen LogP contribution is -2.47. The first-order valence-corrected chi connectivity index (χ1v) is 4.49. The standard InChI is InChI=1S/C10H9F2N3O2/c1-6-2-3-7(5-13)4-8(6)17-10(11,12)9(16)15-14/h2-4H,14H2,1H3,(H,15,16). The molecule has 90 valence electrons. The Kier molecular flexibility index (Phi) is 3.60. The van der Waals surface area contributed by atoms with Crippen LogP contribution in [-0.2, 0) is 4.79 Å². The molecule has 0 aliphatic heterocycles. The number of ether oxygens (including phenoxy) is 1. The van der Waals surface area contributed by atoms with E-state index < -0.39 is 12.0 Å². The maximum absolute atomic E-state index is 13.1. The van der Waals surface area contributed by atoms with E-state index in [9.17, 15) is 13.6 Å². The van der Waals surface area contributed by atoms with Crippen molar-refractivity contribution in [3.8, 4) is 11.8 Å². The predicted octanol–water partition coefficient (Wildman–Crippen LogP) is 0.828. The van der Waals surface area contributed by atoms with E-state index in [0.29, 0.717) is 5.56 Å². The summed E-state index contributed by atoms with van der Waals surface area (Å²) in [6.07, 6.45) is -4.09. The lowest BCUT2D eigenvalue weighted by molar-refractivity contribution is -0.193. The summed E-state index contributed by atoms with van der Waals surface area (Å²) < 4.78 is 30.5. The molecule has 1 amide bonds. The molecule has 0 atom stereocenters. The second kappa shape index (κ2) is 4.76. The zero-order valence-corrected chi connectivity index (χ0v) is 8.83. The van der Waals surface area contributed by atoms with Crippen LogP contribution in [0, 0.1) is 18.3 Å². The number of nitriles is 1. The maximum atomic E-state index is 13.1. The highest BCUT2D eigenvalue weighted by atomic mass is 19.3. The Balaban J connectivity index is 3.03. The average molecular weight is 241 g/mol. The van der Waals surface area contributed by atoms with Gasteiger partial charge in [0.05, 0.1) is 11.6 Å². The number of carbonyl (C=O) groups excluding carboxylic acids is 1. The van der Waals surface area contributed by atoms with E-state index in [4.69, 9.17) is 5.26 Å². The normalized spacial score (nSPS) is 10.5. The van der Waals surface area contributed by atoms with Crippen LogP contribution in [0.4, 0.5) is 8.78 Å². The Morgan fingerprint density at radius 1 is 1.59 bits per heavy atom. The number of benzene rings is 1. The van der Waals surface area contributed by atoms with Gasteiger partial charge in [-0.25, -0.2) is 5.84 Å². The Hall–Kier alpha value is -2.20. The molecule has 5 nitrogen and oxygen atoms in total. The summed E-state index contributed by atoms with van der Waals surface area (Å²) in [5.41, 5.74) is 1.81. The Labute approximate surface area is 95.7 Å². The number of hydrazine groups is 1. The molecule has 0 saturated carbocycles. The molecule has 0 aliphatic carbocycles. The fourth-order valence-electron chi connectivity index (χ4n) is 1.05. The van der Waals surface area contributed by atoms with E-state index in [1.165, 1.54) is 24.5 Å². The highest BCUT2D eigenvalue weighted by Gasteiger charge is 2.42. The quantitative estimate of drug-likeness (QED) is 0.466. The van der Waals surface area contributed by atoms with E-state index >= 15 is 0 Å². The molecule has 1 aromatic carbocycles. The van der Waals surface area contributed by atoms with Crippen LogP contribution in [0.15, 0.2) is 18.2 Å². The van der Waals surface area contributed by atoms with E-state index in [1.807, 2.05) is 0 Å². The summed E-state index contributed by atoms with van der Waals surface area (Å²) in [6.45, 7) is 1.51. The SMILES string of the molecule is Cc1ccc(C#N)cc1OC(F)(F)C(=O)NN. The summed E-state index contributed by atoms with van der Waals surface area (Å²) in [5, 5.41) is 8.61. The van der Waals surface area contributed by atoms with Crippen molar-refractivity contribution in [1.82, 2.24) is 5.43 Å². The van der Waals surface area contributed by atoms with Gasteiger partial charge in [0.2, 0.25) is 0 Å². The Bertz CT molecular complexity index is 483. The average Bonchev–Trinajstić information content (AvgIpc) is 2.30. The number of rotatable bonds is 3. The first-order chi connectivity index (χ1) is 7.90. The molecule has 0 radical (unpaired) electrons. The number of aryl methyl sites for hydroxylation is 1. The van der Waals surface area contributed by atoms with Gasteiger partial charge in [-0.2, -0.15) is 14.0 Å². The summed E-state index contributed by atoms with van der Waals surface area (Å²) >= 11 is 0. The first kappa shape index (κ1) is 12.9. The van der Waals surface area contributed by atoms with E-state index in [2.05, 4.69) is 10.6 Å². The number of nitrogens with one attached hydrogen (secondary N) is 1. The first-order valence-electron chi connectivity index (χ1n) is 4.49. The molecule has 1 aromatic rings. The number of amides is 1. The van der Waals surface area contributed by atoms with Gasteiger partial charge >= 0.3 is 12.0 Å². The number of hydrogen-bond donors (Lipinski definition) is 2. The molecule has 17 heavy (non-hydrogen) atoms. The molecule has 7 heteroatoms. The Morgan fingerprint density at radius 3 is 2.76 bits per heavy atom. The molecule has 0 aliphatic rings. The highest BCUT2D eigenvalue weighted by Crippen LogP contribution is 2.26. The van der Waals surface area contributed by atoms with Gasteiger partial charge in [0.1, 0.15) is 5.75 Å². The second-order valence-corrected chi connectivity index (χ2v) is 3.18. The fraction of sp³-hybridized carbons (Fsp3) is 0.200. The second-order valence-electron chi connectivity index (χ2n) is 3.18. The predicted molar refractivity (Wildman–Crippen MR) is 53.8 cm³/mol. The van der Waals surface area contributed by atoms with Crippen LogP contribution in [0.1, 0.15) is 11.1 Å². The van der Waals surface area contributed by atoms with Crippen molar-refractivity contribution in [2.75, 3.05) is 0 Å². The molecule has 0 aromatic heterocycles. The maximum Gasteiger partial charge on any atom is 0.483 e.